The molecule has 2 N–H and O–H groups in total. The summed E-state index contributed by atoms with van der Waals surface area (Å²) in [5.41, 5.74) is 0.687. The van der Waals surface area contributed by atoms with Crippen LogP contribution < -0.4 is 5.32 Å². The van der Waals surface area contributed by atoms with Crippen LogP contribution in [0.5, 0.6) is 0 Å². The first-order chi connectivity index (χ1) is 8.06. The molecule has 0 aliphatic carbocycles. The molecule has 0 heterocycles. The Bertz CT molecular complexity index is 357. The van der Waals surface area contributed by atoms with Crippen LogP contribution in [0.3, 0.4) is 0 Å². The number of benzene rings is 1. The van der Waals surface area contributed by atoms with Gasteiger partial charge in [0.2, 0.25) is 0 Å². The number of nitrogens with one attached hydrogen (secondary N) is 1. The van der Waals surface area contributed by atoms with Gasteiger partial charge in [0.25, 0.3) is 0 Å². The summed E-state index contributed by atoms with van der Waals surface area (Å²) >= 11 is 1.51. The summed E-state index contributed by atoms with van der Waals surface area (Å²) in [7, 11) is 0. The van der Waals surface area contributed by atoms with E-state index in [1.807, 2.05) is 19.9 Å². The van der Waals surface area contributed by atoms with Crippen molar-refractivity contribution >= 4 is 11.8 Å². The van der Waals surface area contributed by atoms with Gasteiger partial charge in [0, 0.05) is 22.3 Å². The van der Waals surface area contributed by atoms with Crippen molar-refractivity contribution in [1.29, 1.82) is 0 Å². The fourth-order valence-electron chi connectivity index (χ4n) is 1.37. The van der Waals surface area contributed by atoms with Crippen LogP contribution in [-0.2, 0) is 6.54 Å². The normalized spacial score (nSPS) is 14.6. The molecular formula is C13H20FNOS. The highest BCUT2D eigenvalue weighted by atomic mass is 32.2. The smallest absolute Gasteiger partial charge is 0.128 e. The Morgan fingerprint density at radius 1 is 1.41 bits per heavy atom. The molecule has 2 unspecified atom stereocenters. The Balaban J connectivity index is 2.86. The highest BCUT2D eigenvalue weighted by Gasteiger charge is 2.14. The van der Waals surface area contributed by atoms with Crippen LogP contribution in [0.25, 0.3) is 0 Å². The third-order valence-electron chi connectivity index (χ3n) is 2.62. The third-order valence-corrected chi connectivity index (χ3v) is 4.02. The van der Waals surface area contributed by atoms with Crippen molar-refractivity contribution in [3.05, 3.63) is 29.6 Å². The minimum absolute atomic E-state index is 0.0529. The summed E-state index contributed by atoms with van der Waals surface area (Å²) in [5.74, 6) is -0.186. The van der Waals surface area contributed by atoms with Crippen molar-refractivity contribution in [2.24, 2.45) is 0 Å². The molecule has 2 atom stereocenters. The number of hydrogen-bond acceptors (Lipinski definition) is 3. The molecule has 0 aliphatic heterocycles. The van der Waals surface area contributed by atoms with Gasteiger partial charge >= 0.3 is 0 Å². The Labute approximate surface area is 107 Å². The molecule has 0 saturated carbocycles. The highest BCUT2D eigenvalue weighted by molar-refractivity contribution is 8.00. The first-order valence-corrected chi connectivity index (χ1v) is 6.77. The van der Waals surface area contributed by atoms with E-state index in [2.05, 4.69) is 5.32 Å². The van der Waals surface area contributed by atoms with Gasteiger partial charge in [-0.1, -0.05) is 19.9 Å². The lowest BCUT2D eigenvalue weighted by Crippen LogP contribution is -2.17. The average molecular weight is 257 g/mol. The second-order valence-electron chi connectivity index (χ2n) is 4.06. The van der Waals surface area contributed by atoms with Crippen molar-refractivity contribution in [3.8, 4) is 0 Å². The fourth-order valence-corrected chi connectivity index (χ4v) is 2.44. The second-order valence-corrected chi connectivity index (χ2v) is 5.48. The number of hydrogen-bond donors (Lipinski definition) is 2. The lowest BCUT2D eigenvalue weighted by molar-refractivity contribution is 0.196. The molecule has 2 nitrogen and oxygen atoms in total. The number of rotatable bonds is 6. The first-order valence-electron chi connectivity index (χ1n) is 5.89. The van der Waals surface area contributed by atoms with Gasteiger partial charge in [-0.2, -0.15) is 0 Å². The highest BCUT2D eigenvalue weighted by Crippen LogP contribution is 2.29. The predicted octanol–water partition coefficient (Wildman–Crippen LogP) is 2.80. The molecule has 0 aliphatic rings. The van der Waals surface area contributed by atoms with Gasteiger partial charge in [0.1, 0.15) is 5.82 Å². The lowest BCUT2D eigenvalue weighted by Gasteiger charge is -2.17. The predicted molar refractivity (Wildman–Crippen MR) is 70.8 cm³/mol. The molecule has 0 aromatic heterocycles. The van der Waals surface area contributed by atoms with E-state index in [1.165, 1.54) is 17.8 Å². The summed E-state index contributed by atoms with van der Waals surface area (Å²) in [6.07, 6.45) is -0.407. The van der Waals surface area contributed by atoms with Gasteiger partial charge in [-0.15, -0.1) is 11.8 Å². The Hall–Kier alpha value is -0.580. The summed E-state index contributed by atoms with van der Waals surface area (Å²) in [5, 5.41) is 12.7. The molecule has 96 valence electrons. The van der Waals surface area contributed by atoms with Crippen molar-refractivity contribution in [2.75, 3.05) is 6.54 Å². The van der Waals surface area contributed by atoms with Crippen LogP contribution in [-0.4, -0.2) is 23.0 Å². The molecule has 1 rings (SSSR count). The standard InChI is InChI=1S/C13H20FNOS/c1-4-15-8-11-12(14)6-5-7-13(11)17-10(3)9(2)16/h5-7,9-10,15-16H,4,8H2,1-3H3. The van der Waals surface area contributed by atoms with Crippen molar-refractivity contribution < 1.29 is 9.50 Å². The van der Waals surface area contributed by atoms with E-state index >= 15 is 0 Å². The van der Waals surface area contributed by atoms with Crippen molar-refractivity contribution in [3.63, 3.8) is 0 Å². The molecule has 1 aromatic carbocycles. The molecule has 0 amide bonds. The molecule has 0 spiro atoms. The largest absolute Gasteiger partial charge is 0.392 e. The summed E-state index contributed by atoms with van der Waals surface area (Å²) in [4.78, 5) is 0.902. The minimum atomic E-state index is -0.407. The van der Waals surface area contributed by atoms with Crippen molar-refractivity contribution in [1.82, 2.24) is 5.32 Å². The number of aliphatic hydroxyl groups excluding tert-OH is 1. The first kappa shape index (κ1) is 14.5. The van der Waals surface area contributed by atoms with Crippen LogP contribution >= 0.6 is 11.8 Å². The van der Waals surface area contributed by atoms with Gasteiger partial charge in [-0.3, -0.25) is 0 Å². The number of aliphatic hydroxyl groups is 1. The van der Waals surface area contributed by atoms with E-state index in [0.29, 0.717) is 12.1 Å². The van der Waals surface area contributed by atoms with E-state index in [9.17, 15) is 9.50 Å². The minimum Gasteiger partial charge on any atom is -0.392 e. The molecule has 0 saturated heterocycles. The molecule has 0 fully saturated rings. The quantitative estimate of drug-likeness (QED) is 0.769. The van der Waals surface area contributed by atoms with E-state index in [0.717, 1.165) is 11.4 Å². The topological polar surface area (TPSA) is 32.3 Å². The maximum atomic E-state index is 13.7. The van der Waals surface area contributed by atoms with Crippen LogP contribution in [0.15, 0.2) is 23.1 Å². The zero-order valence-corrected chi connectivity index (χ0v) is 11.4. The fraction of sp³-hybridized carbons (Fsp3) is 0.538. The molecule has 1 aromatic rings. The van der Waals surface area contributed by atoms with Gasteiger partial charge in [0.15, 0.2) is 0 Å². The molecule has 17 heavy (non-hydrogen) atoms. The van der Waals surface area contributed by atoms with Crippen LogP contribution in [0, 0.1) is 5.82 Å². The lowest BCUT2D eigenvalue weighted by atomic mass is 10.2. The zero-order chi connectivity index (χ0) is 12.8. The zero-order valence-electron chi connectivity index (χ0n) is 10.5. The van der Waals surface area contributed by atoms with E-state index in [-0.39, 0.29) is 11.1 Å². The maximum absolute atomic E-state index is 13.7. The number of halogens is 1. The maximum Gasteiger partial charge on any atom is 0.128 e. The Kier molecular flexibility index (Phi) is 5.95. The summed E-state index contributed by atoms with van der Waals surface area (Å²) in [6.45, 7) is 7.02. The van der Waals surface area contributed by atoms with Gasteiger partial charge in [-0.05, 0) is 25.6 Å². The van der Waals surface area contributed by atoms with Crippen LogP contribution in [0.2, 0.25) is 0 Å². The third kappa shape index (κ3) is 4.30. The SMILES string of the molecule is CCNCc1c(F)cccc1SC(C)C(C)O. The Morgan fingerprint density at radius 2 is 2.12 bits per heavy atom. The van der Waals surface area contributed by atoms with Gasteiger partial charge in [0.05, 0.1) is 6.10 Å². The molecule has 0 bridgehead atoms. The Morgan fingerprint density at radius 3 is 2.71 bits per heavy atom. The van der Waals surface area contributed by atoms with E-state index in [4.69, 9.17) is 0 Å². The number of thioether (sulfide) groups is 1. The monoisotopic (exact) mass is 257 g/mol. The van der Waals surface area contributed by atoms with Gasteiger partial charge < -0.3 is 10.4 Å². The van der Waals surface area contributed by atoms with Crippen LogP contribution in [0.1, 0.15) is 26.3 Å². The molecule has 4 heteroatoms. The average Bonchev–Trinajstić information content (AvgIpc) is 2.28. The van der Waals surface area contributed by atoms with Gasteiger partial charge in [-0.25, -0.2) is 4.39 Å². The van der Waals surface area contributed by atoms with Crippen LogP contribution in [0.4, 0.5) is 4.39 Å². The van der Waals surface area contributed by atoms with E-state index in [1.54, 1.807) is 13.0 Å². The van der Waals surface area contributed by atoms with Crippen molar-refractivity contribution in [2.45, 2.75) is 43.6 Å². The summed E-state index contributed by atoms with van der Waals surface area (Å²) < 4.78 is 13.7. The molecule has 0 radical (unpaired) electrons. The summed E-state index contributed by atoms with van der Waals surface area (Å²) in [6, 6.07) is 5.09. The molecular weight excluding hydrogens is 237 g/mol. The van der Waals surface area contributed by atoms with E-state index < -0.39 is 6.10 Å². The second kappa shape index (κ2) is 6.99.